The molecule has 1 aromatic carbocycles. The molecule has 1 amide bonds. The predicted molar refractivity (Wildman–Crippen MR) is 125 cm³/mol. The summed E-state index contributed by atoms with van der Waals surface area (Å²) in [4.78, 5) is 45.4. The number of hydrogen-bond donors (Lipinski definition) is 2. The van der Waals surface area contributed by atoms with Crippen LogP contribution in [-0.2, 0) is 9.59 Å². The molecular weight excluding hydrogens is 416 g/mol. The largest absolute Gasteiger partial charge is 0.340 e. The number of aromatic nitrogens is 2. The molecule has 174 valence electrons. The van der Waals surface area contributed by atoms with Gasteiger partial charge in [-0.25, -0.2) is 4.98 Å². The van der Waals surface area contributed by atoms with Crippen LogP contribution in [0.4, 0.5) is 0 Å². The molecule has 0 saturated heterocycles. The van der Waals surface area contributed by atoms with E-state index in [1.165, 1.54) is 0 Å². The predicted octanol–water partition coefficient (Wildman–Crippen LogP) is 4.47. The number of rotatable bonds is 10. The number of nitrogens with zero attached hydrogens (tertiary/aromatic N) is 2. The van der Waals surface area contributed by atoms with Crippen LogP contribution < -0.4 is 5.32 Å². The summed E-state index contributed by atoms with van der Waals surface area (Å²) < 4.78 is 0. The van der Waals surface area contributed by atoms with Crippen molar-refractivity contribution in [1.29, 1.82) is 5.26 Å². The highest BCUT2D eigenvalue weighted by atomic mass is 16.2. The second-order valence-corrected chi connectivity index (χ2v) is 9.30. The maximum atomic E-state index is 13.0. The van der Waals surface area contributed by atoms with Crippen LogP contribution in [0.3, 0.4) is 0 Å². The van der Waals surface area contributed by atoms with E-state index in [0.717, 1.165) is 30.5 Å². The monoisotopic (exact) mass is 448 g/mol. The number of H-pyrrole nitrogens is 1. The second kappa shape index (κ2) is 11.6. The van der Waals surface area contributed by atoms with E-state index in [0.29, 0.717) is 19.3 Å². The Balaban J connectivity index is 1.65. The van der Waals surface area contributed by atoms with Crippen LogP contribution in [0, 0.1) is 29.1 Å². The summed E-state index contributed by atoms with van der Waals surface area (Å²) in [6.07, 6.45) is 5.67. The van der Waals surface area contributed by atoms with Gasteiger partial charge in [-0.15, -0.1) is 0 Å². The summed E-state index contributed by atoms with van der Waals surface area (Å²) in [6, 6.07) is 11.0. The Kier molecular flexibility index (Phi) is 8.53. The third-order valence-electron chi connectivity index (χ3n) is 6.16. The van der Waals surface area contributed by atoms with Crippen LogP contribution >= 0.6 is 0 Å². The Morgan fingerprint density at radius 3 is 2.67 bits per heavy atom. The van der Waals surface area contributed by atoms with E-state index >= 15 is 0 Å². The maximum absolute atomic E-state index is 13.0. The summed E-state index contributed by atoms with van der Waals surface area (Å²) in [5.74, 6) is -0.702. The molecule has 0 aliphatic heterocycles. The number of amides is 1. The van der Waals surface area contributed by atoms with Crippen molar-refractivity contribution in [2.75, 3.05) is 0 Å². The molecule has 0 spiro atoms. The third-order valence-corrected chi connectivity index (χ3v) is 6.16. The minimum Gasteiger partial charge on any atom is -0.340 e. The maximum Gasteiger partial charge on any atom is 0.224 e. The van der Waals surface area contributed by atoms with Gasteiger partial charge >= 0.3 is 0 Å². The highest BCUT2D eigenvalue weighted by Crippen LogP contribution is 2.25. The van der Waals surface area contributed by atoms with E-state index in [-0.39, 0.29) is 41.6 Å². The molecule has 33 heavy (non-hydrogen) atoms. The van der Waals surface area contributed by atoms with E-state index in [1.54, 1.807) is 6.20 Å². The Hall–Kier alpha value is -3.27. The number of Topliss-reactive ketones (excluding diaryl/α,β-unsaturated/α-hetero) is 2. The lowest BCUT2D eigenvalue weighted by molar-refractivity contribution is -0.127. The first-order chi connectivity index (χ1) is 15.9. The summed E-state index contributed by atoms with van der Waals surface area (Å²) in [5, 5.41) is 12.4. The summed E-state index contributed by atoms with van der Waals surface area (Å²) in [7, 11) is 0. The van der Waals surface area contributed by atoms with Crippen LogP contribution in [0.15, 0.2) is 36.5 Å². The molecule has 1 aliphatic carbocycles. The number of nitriles is 1. The minimum atomic E-state index is -0.734. The van der Waals surface area contributed by atoms with Gasteiger partial charge in [0.1, 0.15) is 11.8 Å². The molecule has 1 aliphatic rings. The number of ketones is 2. The highest BCUT2D eigenvalue weighted by molar-refractivity contribution is 5.96. The standard InChI is InChI=1S/C26H32N4O3/c1-17(2)12-20(26(33)29-21(15-27)13-19-10-6-7-11-23(19)31)14-24(32)25-28-16-22(30-25)18-8-4-3-5-9-18/h3-5,8-9,16-17,19-21H,6-7,10-14H2,1-2H3,(H,28,30)(H,29,33)/t19-,20+,21-/m0/s1. The van der Waals surface area contributed by atoms with Crippen LogP contribution in [0.5, 0.6) is 0 Å². The molecule has 1 heterocycles. The van der Waals surface area contributed by atoms with Crippen molar-refractivity contribution in [3.63, 3.8) is 0 Å². The zero-order chi connectivity index (χ0) is 23.8. The second-order valence-electron chi connectivity index (χ2n) is 9.30. The van der Waals surface area contributed by atoms with Gasteiger partial charge in [-0.1, -0.05) is 50.6 Å². The fraction of sp³-hybridized carbons (Fsp3) is 0.500. The van der Waals surface area contributed by atoms with Crippen molar-refractivity contribution >= 4 is 17.5 Å². The lowest BCUT2D eigenvalue weighted by Crippen LogP contribution is -2.41. The van der Waals surface area contributed by atoms with Crippen molar-refractivity contribution in [2.24, 2.45) is 17.8 Å². The van der Waals surface area contributed by atoms with Crippen LogP contribution in [-0.4, -0.2) is 33.5 Å². The van der Waals surface area contributed by atoms with Crippen LogP contribution in [0.25, 0.3) is 11.3 Å². The van der Waals surface area contributed by atoms with Gasteiger partial charge in [0.25, 0.3) is 0 Å². The smallest absolute Gasteiger partial charge is 0.224 e. The van der Waals surface area contributed by atoms with E-state index in [1.807, 2.05) is 44.2 Å². The Morgan fingerprint density at radius 2 is 2.00 bits per heavy atom. The normalized spacial score (nSPS) is 17.9. The third kappa shape index (κ3) is 6.85. The van der Waals surface area contributed by atoms with Crippen molar-refractivity contribution in [3.05, 3.63) is 42.4 Å². The van der Waals surface area contributed by atoms with Crippen molar-refractivity contribution in [2.45, 2.75) is 64.8 Å². The molecule has 1 aromatic heterocycles. The number of hydrogen-bond acceptors (Lipinski definition) is 5. The molecule has 3 rings (SSSR count). The fourth-order valence-electron chi connectivity index (χ4n) is 4.42. The van der Waals surface area contributed by atoms with E-state index in [2.05, 4.69) is 21.4 Å². The van der Waals surface area contributed by atoms with Crippen LogP contribution in [0.2, 0.25) is 0 Å². The fourth-order valence-corrected chi connectivity index (χ4v) is 4.42. The quantitative estimate of drug-likeness (QED) is 0.520. The molecule has 0 unspecified atom stereocenters. The molecular formula is C26H32N4O3. The Labute approximate surface area is 195 Å². The van der Waals surface area contributed by atoms with Gasteiger partial charge in [0.2, 0.25) is 5.91 Å². The van der Waals surface area contributed by atoms with E-state index in [4.69, 9.17) is 0 Å². The van der Waals surface area contributed by atoms with Crippen molar-refractivity contribution in [3.8, 4) is 17.3 Å². The molecule has 0 radical (unpaired) electrons. The number of nitrogens with one attached hydrogen (secondary N) is 2. The number of imidazole rings is 1. The molecule has 3 atom stereocenters. The SMILES string of the molecule is CC(C)C[C@H](CC(=O)c1ncc(-c2ccccc2)[nH]1)C(=O)N[C@H](C#N)C[C@@H]1CCCCC1=O. The first kappa shape index (κ1) is 24.4. The van der Waals surface area contributed by atoms with Gasteiger partial charge in [0.05, 0.1) is 18.0 Å². The average molecular weight is 449 g/mol. The van der Waals surface area contributed by atoms with E-state index in [9.17, 15) is 19.6 Å². The zero-order valence-corrected chi connectivity index (χ0v) is 19.3. The first-order valence-corrected chi connectivity index (χ1v) is 11.7. The lowest BCUT2D eigenvalue weighted by Gasteiger charge is -2.24. The number of aromatic amines is 1. The summed E-state index contributed by atoms with van der Waals surface area (Å²) in [5.41, 5.74) is 1.67. The molecule has 0 bridgehead atoms. The van der Waals surface area contributed by atoms with Crippen LogP contribution in [0.1, 0.15) is 69.4 Å². The van der Waals surface area contributed by atoms with Gasteiger partial charge in [-0.2, -0.15) is 5.26 Å². The molecule has 7 nitrogen and oxygen atoms in total. The topological polar surface area (TPSA) is 116 Å². The Bertz CT molecular complexity index is 1010. The molecule has 7 heteroatoms. The lowest BCUT2D eigenvalue weighted by atomic mass is 9.83. The Morgan fingerprint density at radius 1 is 1.24 bits per heavy atom. The first-order valence-electron chi connectivity index (χ1n) is 11.7. The van der Waals surface area contributed by atoms with Gasteiger partial charge in [-0.05, 0) is 37.2 Å². The number of carbonyl (C=O) groups is 3. The molecule has 1 fully saturated rings. The van der Waals surface area contributed by atoms with E-state index < -0.39 is 12.0 Å². The molecule has 2 aromatic rings. The summed E-state index contributed by atoms with van der Waals surface area (Å²) >= 11 is 0. The summed E-state index contributed by atoms with van der Waals surface area (Å²) in [6.45, 7) is 3.99. The van der Waals surface area contributed by atoms with Gasteiger partial charge in [0, 0.05) is 24.7 Å². The molecule has 1 saturated carbocycles. The van der Waals surface area contributed by atoms with Gasteiger partial charge in [-0.3, -0.25) is 14.4 Å². The number of benzene rings is 1. The average Bonchev–Trinajstić information content (AvgIpc) is 3.30. The number of carbonyl (C=O) groups excluding carboxylic acids is 3. The minimum absolute atomic E-state index is 0.00621. The van der Waals surface area contributed by atoms with Gasteiger partial charge in [0.15, 0.2) is 11.6 Å². The van der Waals surface area contributed by atoms with Gasteiger partial charge < -0.3 is 10.3 Å². The zero-order valence-electron chi connectivity index (χ0n) is 19.3. The highest BCUT2D eigenvalue weighted by Gasteiger charge is 2.30. The van der Waals surface area contributed by atoms with Crippen molar-refractivity contribution < 1.29 is 14.4 Å². The molecule has 2 N–H and O–H groups in total. The van der Waals surface area contributed by atoms with Crippen molar-refractivity contribution in [1.82, 2.24) is 15.3 Å².